The van der Waals surface area contributed by atoms with Crippen molar-refractivity contribution in [3.8, 4) is 0 Å². The summed E-state index contributed by atoms with van der Waals surface area (Å²) >= 11 is 0. The van der Waals surface area contributed by atoms with Gasteiger partial charge in [-0.1, -0.05) is 0 Å². The first-order valence-electron chi connectivity index (χ1n) is 6.66. The minimum Gasteiger partial charge on any atom is -0.468 e. The molecule has 0 aliphatic carbocycles. The number of fused-ring (bicyclic) bond motifs is 2. The van der Waals surface area contributed by atoms with Crippen molar-refractivity contribution in [1.29, 1.82) is 0 Å². The van der Waals surface area contributed by atoms with Gasteiger partial charge in [0.1, 0.15) is 11.6 Å². The second kappa shape index (κ2) is 5.00. The van der Waals surface area contributed by atoms with Gasteiger partial charge in [0, 0.05) is 12.6 Å². The molecule has 1 N–H and O–H groups in total. The molecular weight excluding hydrogens is 248 g/mol. The lowest BCUT2D eigenvalue weighted by atomic mass is 10.1. The van der Waals surface area contributed by atoms with E-state index >= 15 is 0 Å². The van der Waals surface area contributed by atoms with Gasteiger partial charge in [-0.2, -0.15) is 0 Å². The van der Waals surface area contributed by atoms with Crippen LogP contribution in [0.1, 0.15) is 33.6 Å². The molecule has 2 heterocycles. The predicted molar refractivity (Wildman–Crippen MR) is 68.7 cm³/mol. The lowest BCUT2D eigenvalue weighted by Crippen LogP contribution is -2.62. The Balaban J connectivity index is 2.12. The van der Waals surface area contributed by atoms with Gasteiger partial charge < -0.3 is 14.8 Å². The summed E-state index contributed by atoms with van der Waals surface area (Å²) in [6.45, 7) is 6.13. The molecular formula is C13H22N2O4. The van der Waals surface area contributed by atoms with Gasteiger partial charge in [0.15, 0.2) is 0 Å². The van der Waals surface area contributed by atoms with Crippen LogP contribution < -0.4 is 5.32 Å². The van der Waals surface area contributed by atoms with Gasteiger partial charge in [-0.15, -0.1) is 0 Å². The number of esters is 1. The van der Waals surface area contributed by atoms with Crippen LogP contribution in [0.4, 0.5) is 4.79 Å². The minimum atomic E-state index is -0.526. The summed E-state index contributed by atoms with van der Waals surface area (Å²) in [6, 6.07) is -0.502. The van der Waals surface area contributed by atoms with Gasteiger partial charge in [-0.25, -0.2) is 4.79 Å². The number of rotatable bonds is 1. The van der Waals surface area contributed by atoms with Crippen LogP contribution >= 0.6 is 0 Å². The van der Waals surface area contributed by atoms with Crippen LogP contribution in [0.5, 0.6) is 0 Å². The maximum Gasteiger partial charge on any atom is 0.410 e. The fraction of sp³-hybridized carbons (Fsp3) is 0.846. The number of carbonyl (C=O) groups is 2. The summed E-state index contributed by atoms with van der Waals surface area (Å²) in [7, 11) is 1.36. The van der Waals surface area contributed by atoms with Crippen LogP contribution in [0.2, 0.25) is 0 Å². The second-order valence-corrected chi connectivity index (χ2v) is 6.10. The number of methoxy groups -OCH3 is 1. The maximum absolute atomic E-state index is 12.3. The van der Waals surface area contributed by atoms with E-state index in [-0.39, 0.29) is 24.1 Å². The largest absolute Gasteiger partial charge is 0.468 e. The highest BCUT2D eigenvalue weighted by Gasteiger charge is 2.49. The van der Waals surface area contributed by atoms with Gasteiger partial charge in [0.2, 0.25) is 0 Å². The molecule has 0 saturated carbocycles. The predicted octanol–water partition coefficient (Wildman–Crippen LogP) is 0.899. The lowest BCUT2D eigenvalue weighted by Gasteiger charge is -2.39. The molecule has 0 unspecified atom stereocenters. The third-order valence-corrected chi connectivity index (χ3v) is 3.56. The maximum atomic E-state index is 12.3. The number of nitrogens with zero attached hydrogens (tertiary/aromatic N) is 1. The van der Waals surface area contributed by atoms with Crippen LogP contribution in [0.25, 0.3) is 0 Å². The number of hydrogen-bond donors (Lipinski definition) is 1. The van der Waals surface area contributed by atoms with Crippen molar-refractivity contribution in [1.82, 2.24) is 10.2 Å². The fourth-order valence-corrected chi connectivity index (χ4v) is 2.81. The summed E-state index contributed by atoms with van der Waals surface area (Å²) in [6.07, 6.45) is 1.36. The Morgan fingerprint density at radius 3 is 2.53 bits per heavy atom. The zero-order chi connectivity index (χ0) is 14.2. The van der Waals surface area contributed by atoms with E-state index in [1.165, 1.54) is 7.11 Å². The standard InChI is InChI=1S/C13H22N2O4/c1-13(2,3)19-12(17)15-8-5-6-9(15)10(14-7-8)11(16)18-4/h8-10,14H,5-7H2,1-4H3/t8-,9+,10-/m1/s1. The molecule has 19 heavy (non-hydrogen) atoms. The molecule has 3 atom stereocenters. The molecule has 0 aromatic heterocycles. The summed E-state index contributed by atoms with van der Waals surface area (Å²) in [5, 5.41) is 3.16. The molecule has 6 nitrogen and oxygen atoms in total. The summed E-state index contributed by atoms with van der Waals surface area (Å²) in [5.74, 6) is -0.320. The third kappa shape index (κ3) is 2.83. The van der Waals surface area contributed by atoms with Crippen molar-refractivity contribution in [3.05, 3.63) is 0 Å². The molecule has 2 bridgehead atoms. The average molecular weight is 270 g/mol. The first-order chi connectivity index (χ1) is 8.83. The van der Waals surface area contributed by atoms with Crippen LogP contribution in [0, 0.1) is 0 Å². The van der Waals surface area contributed by atoms with Crippen LogP contribution in [0.3, 0.4) is 0 Å². The van der Waals surface area contributed by atoms with E-state index in [2.05, 4.69) is 5.32 Å². The fourth-order valence-electron chi connectivity index (χ4n) is 2.81. The molecule has 0 spiro atoms. The smallest absolute Gasteiger partial charge is 0.410 e. The highest BCUT2D eigenvalue weighted by Crippen LogP contribution is 2.31. The van der Waals surface area contributed by atoms with Crippen LogP contribution in [-0.4, -0.2) is 54.3 Å². The van der Waals surface area contributed by atoms with Gasteiger partial charge in [0.25, 0.3) is 0 Å². The Kier molecular flexibility index (Phi) is 3.71. The molecule has 2 aliphatic rings. The first kappa shape index (κ1) is 14.1. The van der Waals surface area contributed by atoms with E-state index in [1.54, 1.807) is 4.90 Å². The molecule has 6 heteroatoms. The number of nitrogens with one attached hydrogen (secondary N) is 1. The minimum absolute atomic E-state index is 0.112. The SMILES string of the molecule is COC(=O)[C@@H]1NC[C@H]2CC[C@@H]1N2C(=O)OC(C)(C)C. The molecule has 2 fully saturated rings. The van der Waals surface area contributed by atoms with Crippen molar-refractivity contribution < 1.29 is 19.1 Å². The van der Waals surface area contributed by atoms with Gasteiger partial charge >= 0.3 is 12.1 Å². The molecule has 0 aromatic rings. The number of amides is 1. The van der Waals surface area contributed by atoms with Gasteiger partial charge in [-0.05, 0) is 33.6 Å². The topological polar surface area (TPSA) is 67.9 Å². The van der Waals surface area contributed by atoms with Gasteiger partial charge in [0.05, 0.1) is 13.2 Å². The molecule has 0 aromatic carbocycles. The van der Waals surface area contributed by atoms with E-state index < -0.39 is 11.6 Å². The van der Waals surface area contributed by atoms with E-state index in [4.69, 9.17) is 9.47 Å². The summed E-state index contributed by atoms with van der Waals surface area (Å²) in [4.78, 5) is 25.7. The van der Waals surface area contributed by atoms with E-state index in [1.807, 2.05) is 20.8 Å². The zero-order valence-electron chi connectivity index (χ0n) is 11.9. The Labute approximate surface area is 113 Å². The average Bonchev–Trinajstić information content (AvgIpc) is 2.61. The van der Waals surface area contributed by atoms with Crippen molar-refractivity contribution in [3.63, 3.8) is 0 Å². The lowest BCUT2D eigenvalue weighted by molar-refractivity contribution is -0.145. The normalized spacial score (nSPS) is 30.1. The van der Waals surface area contributed by atoms with Crippen molar-refractivity contribution in [2.75, 3.05) is 13.7 Å². The summed E-state index contributed by atoms with van der Waals surface area (Å²) in [5.41, 5.74) is -0.526. The number of piperazine rings is 1. The van der Waals surface area contributed by atoms with Gasteiger partial charge in [-0.3, -0.25) is 9.69 Å². The van der Waals surface area contributed by atoms with E-state index in [0.717, 1.165) is 12.8 Å². The van der Waals surface area contributed by atoms with Crippen LogP contribution in [0.15, 0.2) is 0 Å². The zero-order valence-corrected chi connectivity index (χ0v) is 11.9. The van der Waals surface area contributed by atoms with E-state index in [9.17, 15) is 9.59 Å². The first-order valence-corrected chi connectivity index (χ1v) is 6.66. The van der Waals surface area contributed by atoms with Crippen LogP contribution in [-0.2, 0) is 14.3 Å². The molecule has 2 rings (SSSR count). The van der Waals surface area contributed by atoms with Crippen molar-refractivity contribution in [2.45, 2.75) is 57.3 Å². The Morgan fingerprint density at radius 1 is 1.26 bits per heavy atom. The Bertz CT molecular complexity index is 377. The monoisotopic (exact) mass is 270 g/mol. The number of hydrogen-bond acceptors (Lipinski definition) is 5. The quantitative estimate of drug-likeness (QED) is 0.717. The number of carbonyl (C=O) groups excluding carboxylic acids is 2. The van der Waals surface area contributed by atoms with Crippen molar-refractivity contribution >= 4 is 12.1 Å². The highest BCUT2D eigenvalue weighted by atomic mass is 16.6. The molecule has 108 valence electrons. The molecule has 2 saturated heterocycles. The molecule has 0 radical (unpaired) electrons. The second-order valence-electron chi connectivity index (χ2n) is 6.10. The molecule has 1 amide bonds. The summed E-state index contributed by atoms with van der Waals surface area (Å²) < 4.78 is 10.2. The highest BCUT2D eigenvalue weighted by molar-refractivity contribution is 5.79. The van der Waals surface area contributed by atoms with Crippen molar-refractivity contribution in [2.24, 2.45) is 0 Å². The number of ether oxygens (including phenoxy) is 2. The molecule has 2 aliphatic heterocycles. The Morgan fingerprint density at radius 2 is 1.95 bits per heavy atom. The van der Waals surface area contributed by atoms with E-state index in [0.29, 0.717) is 6.54 Å². The third-order valence-electron chi connectivity index (χ3n) is 3.56. The Hall–Kier alpha value is -1.30.